The zero-order valence-corrected chi connectivity index (χ0v) is 17.0. The number of amides is 1. The number of rotatable bonds is 7. The van der Waals surface area contributed by atoms with Gasteiger partial charge in [-0.2, -0.15) is 4.31 Å². The quantitative estimate of drug-likeness (QED) is 0.711. The van der Waals surface area contributed by atoms with Crippen LogP contribution in [0.3, 0.4) is 0 Å². The summed E-state index contributed by atoms with van der Waals surface area (Å²) in [5.74, 6) is -0.347. The molecule has 0 spiro atoms. The minimum absolute atomic E-state index is 0.0395. The molecule has 1 amide bonds. The number of fused-ring (bicyclic) bond motifs is 1. The molecular formula is C21H25FN2O3S. The molecule has 28 heavy (non-hydrogen) atoms. The van der Waals surface area contributed by atoms with Crippen molar-refractivity contribution < 1.29 is 17.6 Å². The van der Waals surface area contributed by atoms with Gasteiger partial charge in [-0.1, -0.05) is 26.0 Å². The van der Waals surface area contributed by atoms with E-state index in [2.05, 4.69) is 0 Å². The van der Waals surface area contributed by atoms with E-state index in [4.69, 9.17) is 0 Å². The summed E-state index contributed by atoms with van der Waals surface area (Å²) >= 11 is 0. The first kappa shape index (κ1) is 20.5. The standard InChI is InChI=1S/C21H25FN2O3S/c1-3-23(4-2)28(26,27)19-9-10-20-17(15-19)12-13-24(20)21(25)11-8-16-6-5-7-18(22)14-16/h5-7,9-10,14-15H,3-4,8,11-13H2,1-2H3. The van der Waals surface area contributed by atoms with Crippen molar-refractivity contribution in [2.75, 3.05) is 24.5 Å². The van der Waals surface area contributed by atoms with E-state index in [0.29, 0.717) is 32.5 Å². The van der Waals surface area contributed by atoms with E-state index in [0.717, 1.165) is 16.8 Å². The number of anilines is 1. The first-order chi connectivity index (χ1) is 13.4. The fourth-order valence-corrected chi connectivity index (χ4v) is 5.10. The van der Waals surface area contributed by atoms with Gasteiger partial charge in [0, 0.05) is 31.7 Å². The Bertz CT molecular complexity index is 971. The maximum atomic E-state index is 13.3. The van der Waals surface area contributed by atoms with Gasteiger partial charge in [0.25, 0.3) is 0 Å². The van der Waals surface area contributed by atoms with Gasteiger partial charge in [0.15, 0.2) is 0 Å². The molecule has 1 heterocycles. The van der Waals surface area contributed by atoms with Crippen LogP contribution in [0.4, 0.5) is 10.1 Å². The number of sulfonamides is 1. The molecule has 0 saturated heterocycles. The van der Waals surface area contributed by atoms with Crippen LogP contribution in [0.25, 0.3) is 0 Å². The van der Waals surface area contributed by atoms with Gasteiger partial charge >= 0.3 is 0 Å². The molecule has 1 aliphatic rings. The molecule has 0 fully saturated rings. The van der Waals surface area contributed by atoms with Crippen LogP contribution in [0.15, 0.2) is 47.4 Å². The molecule has 1 aliphatic heterocycles. The molecule has 3 rings (SSSR count). The SMILES string of the molecule is CCN(CC)S(=O)(=O)c1ccc2c(c1)CCN2C(=O)CCc1cccc(F)c1. The third kappa shape index (κ3) is 4.10. The van der Waals surface area contributed by atoms with Gasteiger partial charge in [0.1, 0.15) is 5.82 Å². The molecule has 0 unspecified atom stereocenters. The van der Waals surface area contributed by atoms with Crippen molar-refractivity contribution in [1.82, 2.24) is 4.31 Å². The van der Waals surface area contributed by atoms with Crippen LogP contribution in [0.5, 0.6) is 0 Å². The summed E-state index contributed by atoms with van der Waals surface area (Å²) in [6.07, 6.45) is 1.38. The average molecular weight is 405 g/mol. The van der Waals surface area contributed by atoms with Crippen molar-refractivity contribution in [3.05, 3.63) is 59.4 Å². The molecule has 7 heteroatoms. The number of aryl methyl sites for hydroxylation is 1. The Balaban J connectivity index is 1.74. The zero-order valence-electron chi connectivity index (χ0n) is 16.2. The van der Waals surface area contributed by atoms with Crippen LogP contribution in [0.2, 0.25) is 0 Å². The number of benzene rings is 2. The van der Waals surface area contributed by atoms with Crippen molar-refractivity contribution in [1.29, 1.82) is 0 Å². The van der Waals surface area contributed by atoms with E-state index in [-0.39, 0.29) is 23.0 Å². The molecule has 0 bridgehead atoms. The Kier molecular flexibility index (Phi) is 6.15. The van der Waals surface area contributed by atoms with Crippen LogP contribution in [-0.4, -0.2) is 38.3 Å². The number of carbonyl (C=O) groups excluding carboxylic acids is 1. The second kappa shape index (κ2) is 8.41. The molecule has 5 nitrogen and oxygen atoms in total. The highest BCUT2D eigenvalue weighted by Gasteiger charge is 2.28. The van der Waals surface area contributed by atoms with Gasteiger partial charge in [-0.15, -0.1) is 0 Å². The fraction of sp³-hybridized carbons (Fsp3) is 0.381. The van der Waals surface area contributed by atoms with Gasteiger partial charge in [-0.3, -0.25) is 4.79 Å². The van der Waals surface area contributed by atoms with Crippen molar-refractivity contribution in [2.24, 2.45) is 0 Å². The van der Waals surface area contributed by atoms with Crippen LogP contribution in [0, 0.1) is 5.82 Å². The van der Waals surface area contributed by atoms with Gasteiger partial charge < -0.3 is 4.90 Å². The predicted molar refractivity (Wildman–Crippen MR) is 107 cm³/mol. The summed E-state index contributed by atoms with van der Waals surface area (Å²) in [6, 6.07) is 11.2. The number of hydrogen-bond donors (Lipinski definition) is 0. The second-order valence-corrected chi connectivity index (χ2v) is 8.74. The van der Waals surface area contributed by atoms with E-state index >= 15 is 0 Å². The Morgan fingerprint density at radius 3 is 2.57 bits per heavy atom. The summed E-state index contributed by atoms with van der Waals surface area (Å²) < 4.78 is 40.1. The number of nitrogens with zero attached hydrogens (tertiary/aromatic N) is 2. The van der Waals surface area contributed by atoms with Gasteiger partial charge in [-0.05, 0) is 54.3 Å². The lowest BCUT2D eigenvalue weighted by Gasteiger charge is -2.20. The average Bonchev–Trinajstić information content (AvgIpc) is 3.10. The topological polar surface area (TPSA) is 57.7 Å². The first-order valence-corrected chi connectivity index (χ1v) is 11.0. The predicted octanol–water partition coefficient (Wildman–Crippen LogP) is 3.38. The second-order valence-electron chi connectivity index (χ2n) is 6.81. The molecule has 2 aromatic rings. The smallest absolute Gasteiger partial charge is 0.243 e. The van der Waals surface area contributed by atoms with Crippen molar-refractivity contribution in [2.45, 2.75) is 38.0 Å². The van der Waals surface area contributed by atoms with E-state index in [1.807, 2.05) is 13.8 Å². The summed E-state index contributed by atoms with van der Waals surface area (Å²) in [7, 11) is -3.52. The molecule has 150 valence electrons. The largest absolute Gasteiger partial charge is 0.312 e. The maximum Gasteiger partial charge on any atom is 0.243 e. The molecule has 0 aliphatic carbocycles. The Hall–Kier alpha value is -2.25. The van der Waals surface area contributed by atoms with Crippen LogP contribution in [-0.2, 0) is 27.7 Å². The minimum atomic E-state index is -3.52. The van der Waals surface area contributed by atoms with Crippen molar-refractivity contribution in [3.63, 3.8) is 0 Å². The van der Waals surface area contributed by atoms with Crippen molar-refractivity contribution in [3.8, 4) is 0 Å². The molecular weight excluding hydrogens is 379 g/mol. The maximum absolute atomic E-state index is 13.3. The van der Waals surface area contributed by atoms with E-state index < -0.39 is 10.0 Å². The van der Waals surface area contributed by atoms with Gasteiger partial charge in [0.2, 0.25) is 15.9 Å². The summed E-state index contributed by atoms with van der Waals surface area (Å²) in [4.78, 5) is 14.6. The first-order valence-electron chi connectivity index (χ1n) is 9.54. The summed E-state index contributed by atoms with van der Waals surface area (Å²) in [6.45, 7) is 4.99. The molecule has 0 saturated carbocycles. The minimum Gasteiger partial charge on any atom is -0.312 e. The number of carbonyl (C=O) groups is 1. The fourth-order valence-electron chi connectivity index (χ4n) is 3.59. The van der Waals surface area contributed by atoms with Gasteiger partial charge in [0.05, 0.1) is 4.90 Å². The molecule has 0 radical (unpaired) electrons. The molecule has 0 aromatic heterocycles. The summed E-state index contributed by atoms with van der Waals surface area (Å²) in [5, 5.41) is 0. The van der Waals surface area contributed by atoms with Crippen LogP contribution >= 0.6 is 0 Å². The highest BCUT2D eigenvalue weighted by atomic mass is 32.2. The molecule has 0 atom stereocenters. The van der Waals surface area contributed by atoms with Crippen LogP contribution in [0.1, 0.15) is 31.4 Å². The lowest BCUT2D eigenvalue weighted by molar-refractivity contribution is -0.118. The third-order valence-electron chi connectivity index (χ3n) is 5.11. The number of hydrogen-bond acceptors (Lipinski definition) is 3. The lowest BCUT2D eigenvalue weighted by atomic mass is 10.1. The van der Waals surface area contributed by atoms with Crippen molar-refractivity contribution >= 4 is 21.6 Å². The normalized spacial score (nSPS) is 13.8. The zero-order chi connectivity index (χ0) is 20.3. The van der Waals surface area contributed by atoms with Crippen LogP contribution < -0.4 is 4.90 Å². The Morgan fingerprint density at radius 1 is 1.14 bits per heavy atom. The third-order valence-corrected chi connectivity index (χ3v) is 7.15. The van der Waals surface area contributed by atoms with E-state index in [1.165, 1.54) is 16.4 Å². The Labute approximate surface area is 165 Å². The molecule has 2 aromatic carbocycles. The summed E-state index contributed by atoms with van der Waals surface area (Å²) in [5.41, 5.74) is 2.42. The molecule has 0 N–H and O–H groups in total. The highest BCUT2D eigenvalue weighted by molar-refractivity contribution is 7.89. The Morgan fingerprint density at radius 2 is 1.89 bits per heavy atom. The lowest BCUT2D eigenvalue weighted by Crippen LogP contribution is -2.30. The highest BCUT2D eigenvalue weighted by Crippen LogP contribution is 2.31. The number of halogens is 1. The monoisotopic (exact) mass is 404 g/mol. The van der Waals surface area contributed by atoms with E-state index in [1.54, 1.807) is 35.2 Å². The van der Waals surface area contributed by atoms with E-state index in [9.17, 15) is 17.6 Å². The van der Waals surface area contributed by atoms with Gasteiger partial charge in [-0.25, -0.2) is 12.8 Å².